The van der Waals surface area contributed by atoms with Crippen molar-refractivity contribution in [2.75, 3.05) is 6.54 Å². The number of aromatic amines is 1. The second-order valence-electron chi connectivity index (χ2n) is 4.95. The smallest absolute Gasteiger partial charge is 0.268 e. The normalized spacial score (nSPS) is 17.6. The van der Waals surface area contributed by atoms with Gasteiger partial charge in [-0.1, -0.05) is 30.9 Å². The summed E-state index contributed by atoms with van der Waals surface area (Å²) >= 11 is 5.79. The quantitative estimate of drug-likeness (QED) is 0.800. The van der Waals surface area contributed by atoms with Gasteiger partial charge in [0.1, 0.15) is 5.69 Å². The molecule has 1 aliphatic carbocycles. The number of halogens is 2. The summed E-state index contributed by atoms with van der Waals surface area (Å²) < 4.78 is 0. The van der Waals surface area contributed by atoms with Gasteiger partial charge in [0.25, 0.3) is 5.91 Å². The summed E-state index contributed by atoms with van der Waals surface area (Å²) in [5.41, 5.74) is 6.28. The lowest BCUT2D eigenvalue weighted by molar-refractivity contribution is 0.0911. The molecule has 6 heteroatoms. The standard InChI is InChI=1S/C13H20ClN3O.ClH/c14-10-6-11(16-8-10)13(18)17-12(7-15)9-4-2-1-3-5-9;/h6,8-9,12,16H,1-5,7,15H2,(H,17,18);1H. The van der Waals surface area contributed by atoms with E-state index in [2.05, 4.69) is 10.3 Å². The molecule has 2 rings (SSSR count). The third-order valence-electron chi connectivity index (χ3n) is 3.68. The van der Waals surface area contributed by atoms with Crippen molar-refractivity contribution >= 4 is 29.9 Å². The maximum Gasteiger partial charge on any atom is 0.268 e. The first kappa shape index (κ1) is 16.3. The summed E-state index contributed by atoms with van der Waals surface area (Å²) in [5.74, 6) is 0.390. The van der Waals surface area contributed by atoms with Crippen LogP contribution in [0.25, 0.3) is 0 Å². The van der Waals surface area contributed by atoms with Crippen molar-refractivity contribution < 1.29 is 4.79 Å². The van der Waals surface area contributed by atoms with Crippen LogP contribution in [0.3, 0.4) is 0 Å². The van der Waals surface area contributed by atoms with Crippen molar-refractivity contribution in [2.45, 2.75) is 38.1 Å². The summed E-state index contributed by atoms with van der Waals surface area (Å²) in [6.45, 7) is 0.491. The second kappa shape index (κ2) is 7.78. The van der Waals surface area contributed by atoms with Crippen LogP contribution in [0.5, 0.6) is 0 Å². The van der Waals surface area contributed by atoms with E-state index in [1.165, 1.54) is 19.3 Å². The molecule has 1 heterocycles. The minimum absolute atomic E-state index is 0. The predicted molar refractivity (Wildman–Crippen MR) is 79.9 cm³/mol. The zero-order valence-corrected chi connectivity index (χ0v) is 12.4. The van der Waals surface area contributed by atoms with Crippen LogP contribution in [0.2, 0.25) is 5.02 Å². The van der Waals surface area contributed by atoms with Crippen molar-refractivity contribution in [1.29, 1.82) is 0 Å². The fourth-order valence-corrected chi connectivity index (χ4v) is 2.81. The molecule has 1 aliphatic rings. The van der Waals surface area contributed by atoms with E-state index in [0.29, 0.717) is 23.2 Å². The summed E-state index contributed by atoms with van der Waals surface area (Å²) in [7, 11) is 0. The molecule has 1 unspecified atom stereocenters. The Morgan fingerprint density at radius 1 is 1.47 bits per heavy atom. The lowest BCUT2D eigenvalue weighted by atomic mass is 9.84. The average molecular weight is 306 g/mol. The Morgan fingerprint density at radius 2 is 2.16 bits per heavy atom. The third-order valence-corrected chi connectivity index (χ3v) is 3.90. The molecule has 0 spiro atoms. The Labute approximate surface area is 124 Å². The summed E-state index contributed by atoms with van der Waals surface area (Å²) in [6, 6.07) is 1.70. The van der Waals surface area contributed by atoms with Crippen LogP contribution in [0, 0.1) is 5.92 Å². The van der Waals surface area contributed by atoms with E-state index >= 15 is 0 Å². The van der Waals surface area contributed by atoms with Crippen LogP contribution >= 0.6 is 24.0 Å². The molecular formula is C13H21Cl2N3O. The predicted octanol–water partition coefficient (Wildman–Crippen LogP) is 2.73. The molecule has 1 amide bonds. The highest BCUT2D eigenvalue weighted by Crippen LogP contribution is 2.26. The average Bonchev–Trinajstić information content (AvgIpc) is 2.83. The van der Waals surface area contributed by atoms with Crippen LogP contribution < -0.4 is 11.1 Å². The molecule has 108 valence electrons. The maximum absolute atomic E-state index is 12.0. The Kier molecular flexibility index (Phi) is 6.69. The number of nitrogens with two attached hydrogens (primary N) is 1. The van der Waals surface area contributed by atoms with Crippen molar-refractivity contribution in [3.8, 4) is 0 Å². The molecule has 1 saturated carbocycles. The zero-order chi connectivity index (χ0) is 13.0. The van der Waals surface area contributed by atoms with E-state index in [0.717, 1.165) is 12.8 Å². The monoisotopic (exact) mass is 305 g/mol. The van der Waals surface area contributed by atoms with Gasteiger partial charge in [0.15, 0.2) is 0 Å². The van der Waals surface area contributed by atoms with Gasteiger partial charge in [-0.05, 0) is 24.8 Å². The Balaban J connectivity index is 0.00000180. The molecule has 1 aromatic rings. The number of hydrogen-bond donors (Lipinski definition) is 3. The molecular weight excluding hydrogens is 285 g/mol. The lowest BCUT2D eigenvalue weighted by Crippen LogP contribution is -2.46. The van der Waals surface area contributed by atoms with Crippen LogP contribution in [-0.2, 0) is 0 Å². The van der Waals surface area contributed by atoms with E-state index in [4.69, 9.17) is 17.3 Å². The van der Waals surface area contributed by atoms with Gasteiger partial charge in [0, 0.05) is 18.8 Å². The van der Waals surface area contributed by atoms with Crippen LogP contribution in [0.15, 0.2) is 12.3 Å². The number of rotatable bonds is 4. The molecule has 0 aromatic carbocycles. The largest absolute Gasteiger partial charge is 0.356 e. The van der Waals surface area contributed by atoms with Crippen LogP contribution in [0.4, 0.5) is 0 Å². The first-order valence-corrected chi connectivity index (χ1v) is 6.93. The second-order valence-corrected chi connectivity index (χ2v) is 5.38. The van der Waals surface area contributed by atoms with Gasteiger partial charge < -0.3 is 16.0 Å². The number of amides is 1. The number of H-pyrrole nitrogens is 1. The van der Waals surface area contributed by atoms with Gasteiger partial charge in [-0.2, -0.15) is 0 Å². The third kappa shape index (κ3) is 4.41. The number of carbonyl (C=O) groups is 1. The minimum Gasteiger partial charge on any atom is -0.356 e. The molecule has 0 bridgehead atoms. The fraction of sp³-hybridized carbons (Fsp3) is 0.615. The first-order valence-electron chi connectivity index (χ1n) is 6.55. The van der Waals surface area contributed by atoms with Gasteiger partial charge in [-0.25, -0.2) is 0 Å². The van der Waals surface area contributed by atoms with Gasteiger partial charge in [0.05, 0.1) is 5.02 Å². The van der Waals surface area contributed by atoms with Gasteiger partial charge in [-0.3, -0.25) is 4.79 Å². The van der Waals surface area contributed by atoms with E-state index in [9.17, 15) is 4.79 Å². The van der Waals surface area contributed by atoms with Crippen molar-refractivity contribution in [2.24, 2.45) is 11.7 Å². The molecule has 1 atom stereocenters. The molecule has 19 heavy (non-hydrogen) atoms. The Bertz CT molecular complexity index is 402. The highest BCUT2D eigenvalue weighted by atomic mass is 35.5. The Hall–Kier alpha value is -0.710. The van der Waals surface area contributed by atoms with E-state index in [1.807, 2.05) is 0 Å². The van der Waals surface area contributed by atoms with Crippen LogP contribution in [-0.4, -0.2) is 23.5 Å². The molecule has 4 nitrogen and oxygen atoms in total. The fourth-order valence-electron chi connectivity index (χ4n) is 2.65. The molecule has 0 aliphatic heterocycles. The molecule has 4 N–H and O–H groups in total. The first-order chi connectivity index (χ1) is 8.70. The maximum atomic E-state index is 12.0. The lowest BCUT2D eigenvalue weighted by Gasteiger charge is -2.29. The molecule has 1 aromatic heterocycles. The molecule has 0 radical (unpaired) electrons. The number of nitrogens with one attached hydrogen (secondary N) is 2. The van der Waals surface area contributed by atoms with Gasteiger partial charge in [0.2, 0.25) is 0 Å². The highest BCUT2D eigenvalue weighted by molar-refractivity contribution is 6.30. The van der Waals surface area contributed by atoms with E-state index < -0.39 is 0 Å². The number of hydrogen-bond acceptors (Lipinski definition) is 2. The van der Waals surface area contributed by atoms with Crippen molar-refractivity contribution in [3.05, 3.63) is 23.0 Å². The molecule has 0 saturated heterocycles. The summed E-state index contributed by atoms with van der Waals surface area (Å²) in [6.07, 6.45) is 7.71. The van der Waals surface area contributed by atoms with Crippen LogP contribution in [0.1, 0.15) is 42.6 Å². The summed E-state index contributed by atoms with van der Waals surface area (Å²) in [4.78, 5) is 14.9. The zero-order valence-electron chi connectivity index (χ0n) is 10.8. The van der Waals surface area contributed by atoms with Crippen molar-refractivity contribution in [1.82, 2.24) is 10.3 Å². The summed E-state index contributed by atoms with van der Waals surface area (Å²) in [5, 5.41) is 3.56. The van der Waals surface area contributed by atoms with Gasteiger partial charge in [-0.15, -0.1) is 12.4 Å². The number of aromatic nitrogens is 1. The highest BCUT2D eigenvalue weighted by Gasteiger charge is 2.24. The molecule has 1 fully saturated rings. The Morgan fingerprint density at radius 3 is 2.68 bits per heavy atom. The van der Waals surface area contributed by atoms with E-state index in [1.54, 1.807) is 12.3 Å². The topological polar surface area (TPSA) is 70.9 Å². The van der Waals surface area contributed by atoms with Crippen molar-refractivity contribution in [3.63, 3.8) is 0 Å². The number of carbonyl (C=O) groups excluding carboxylic acids is 1. The SMILES string of the molecule is Cl.NCC(NC(=O)c1cc(Cl)c[nH]1)C1CCCCC1. The van der Waals surface area contributed by atoms with E-state index in [-0.39, 0.29) is 24.4 Å². The van der Waals surface area contributed by atoms with Gasteiger partial charge >= 0.3 is 0 Å². The minimum atomic E-state index is -0.122.